The molecule has 0 aromatic heterocycles. The topological polar surface area (TPSA) is 49.4 Å². The highest BCUT2D eigenvalue weighted by molar-refractivity contribution is 5.97. The Kier molecular flexibility index (Phi) is 5.61. The van der Waals surface area contributed by atoms with Crippen LogP contribution in [-0.4, -0.2) is 23.3 Å². The third-order valence-corrected chi connectivity index (χ3v) is 5.38. The van der Waals surface area contributed by atoms with E-state index in [2.05, 4.69) is 5.32 Å². The average Bonchev–Trinajstić information content (AvgIpc) is 2.89. The van der Waals surface area contributed by atoms with Gasteiger partial charge in [0, 0.05) is 17.7 Å². The van der Waals surface area contributed by atoms with E-state index < -0.39 is 6.04 Å². The van der Waals surface area contributed by atoms with Crippen LogP contribution in [0.5, 0.6) is 0 Å². The predicted octanol–water partition coefficient (Wildman–Crippen LogP) is 4.64. The lowest BCUT2D eigenvalue weighted by Gasteiger charge is -2.31. The van der Waals surface area contributed by atoms with Crippen LogP contribution in [0.25, 0.3) is 0 Å². The van der Waals surface area contributed by atoms with Crippen molar-refractivity contribution < 1.29 is 14.0 Å². The second kappa shape index (κ2) is 8.49. The third kappa shape index (κ3) is 4.25. The molecule has 4 rings (SSSR count). The molecule has 0 aliphatic carbocycles. The Labute approximate surface area is 175 Å². The molecule has 1 heterocycles. The molecule has 0 radical (unpaired) electrons. The van der Waals surface area contributed by atoms with Crippen LogP contribution in [0.15, 0.2) is 72.8 Å². The zero-order valence-electron chi connectivity index (χ0n) is 16.8. The van der Waals surface area contributed by atoms with Gasteiger partial charge in [0.15, 0.2) is 0 Å². The SMILES string of the molecule is Cc1ccc2c(c1)[C@@H](c1ccc(F)cc1)N(C(=O)CCc1ccccc1)CC(=O)N2. The Morgan fingerprint density at radius 2 is 1.80 bits per heavy atom. The van der Waals surface area contributed by atoms with Gasteiger partial charge >= 0.3 is 0 Å². The fraction of sp³-hybridized carbons (Fsp3) is 0.200. The molecule has 0 unspecified atom stereocenters. The van der Waals surface area contributed by atoms with Crippen molar-refractivity contribution in [2.24, 2.45) is 0 Å². The molecule has 0 bridgehead atoms. The van der Waals surface area contributed by atoms with E-state index in [1.54, 1.807) is 17.0 Å². The first-order chi connectivity index (χ1) is 14.5. The third-order valence-electron chi connectivity index (χ3n) is 5.38. The number of carbonyl (C=O) groups is 2. The Bertz CT molecular complexity index is 1060. The first kappa shape index (κ1) is 19.8. The maximum absolute atomic E-state index is 13.6. The zero-order valence-corrected chi connectivity index (χ0v) is 16.8. The largest absolute Gasteiger partial charge is 0.324 e. The van der Waals surface area contributed by atoms with Crippen LogP contribution < -0.4 is 5.32 Å². The van der Waals surface area contributed by atoms with E-state index in [4.69, 9.17) is 0 Å². The average molecular weight is 402 g/mol. The van der Waals surface area contributed by atoms with Crippen molar-refractivity contribution in [3.63, 3.8) is 0 Å². The molecular weight excluding hydrogens is 379 g/mol. The van der Waals surface area contributed by atoms with Gasteiger partial charge in [-0.15, -0.1) is 0 Å². The Hall–Kier alpha value is -3.47. The van der Waals surface area contributed by atoms with Gasteiger partial charge in [-0.25, -0.2) is 4.39 Å². The normalized spacial score (nSPS) is 15.9. The second-order valence-electron chi connectivity index (χ2n) is 7.60. The molecule has 5 heteroatoms. The minimum atomic E-state index is -0.470. The number of halogens is 1. The first-order valence-electron chi connectivity index (χ1n) is 10.0. The molecule has 152 valence electrons. The number of fused-ring (bicyclic) bond motifs is 1. The fourth-order valence-electron chi connectivity index (χ4n) is 3.90. The van der Waals surface area contributed by atoms with E-state index in [1.165, 1.54) is 12.1 Å². The van der Waals surface area contributed by atoms with Crippen molar-refractivity contribution >= 4 is 17.5 Å². The maximum atomic E-state index is 13.6. The molecule has 0 saturated heterocycles. The summed E-state index contributed by atoms with van der Waals surface area (Å²) in [6.07, 6.45) is 0.880. The number of carbonyl (C=O) groups excluding carboxylic acids is 2. The first-order valence-corrected chi connectivity index (χ1v) is 10.0. The highest BCUT2D eigenvalue weighted by Gasteiger charge is 2.33. The minimum Gasteiger partial charge on any atom is -0.324 e. The molecule has 3 aromatic carbocycles. The van der Waals surface area contributed by atoms with E-state index in [1.807, 2.05) is 55.5 Å². The molecule has 3 aromatic rings. The van der Waals surface area contributed by atoms with Gasteiger partial charge < -0.3 is 10.2 Å². The monoisotopic (exact) mass is 402 g/mol. The van der Waals surface area contributed by atoms with Crippen molar-refractivity contribution in [3.05, 3.63) is 101 Å². The van der Waals surface area contributed by atoms with Crippen LogP contribution in [0.3, 0.4) is 0 Å². The van der Waals surface area contributed by atoms with Crippen molar-refractivity contribution in [1.82, 2.24) is 4.90 Å². The lowest BCUT2D eigenvalue weighted by molar-refractivity contribution is -0.136. The van der Waals surface area contributed by atoms with Crippen molar-refractivity contribution in [2.45, 2.75) is 25.8 Å². The highest BCUT2D eigenvalue weighted by atomic mass is 19.1. The van der Waals surface area contributed by atoms with Gasteiger partial charge in [0.05, 0.1) is 6.04 Å². The van der Waals surface area contributed by atoms with Crippen LogP contribution in [0, 0.1) is 12.7 Å². The van der Waals surface area contributed by atoms with Crippen molar-refractivity contribution in [3.8, 4) is 0 Å². The van der Waals surface area contributed by atoms with E-state index in [0.717, 1.165) is 22.3 Å². The fourth-order valence-corrected chi connectivity index (χ4v) is 3.90. The van der Waals surface area contributed by atoms with Gasteiger partial charge in [-0.2, -0.15) is 0 Å². The molecule has 0 spiro atoms. The van der Waals surface area contributed by atoms with E-state index >= 15 is 0 Å². The molecule has 1 aliphatic heterocycles. The molecule has 1 atom stereocenters. The van der Waals surface area contributed by atoms with Crippen LogP contribution in [-0.2, 0) is 16.0 Å². The summed E-state index contributed by atoms with van der Waals surface area (Å²) < 4.78 is 13.6. The number of aryl methyl sites for hydroxylation is 2. The van der Waals surface area contributed by atoms with E-state index in [0.29, 0.717) is 12.1 Å². The molecule has 2 amide bonds. The minimum absolute atomic E-state index is 0.0522. The van der Waals surface area contributed by atoms with Crippen LogP contribution >= 0.6 is 0 Å². The number of hydrogen-bond acceptors (Lipinski definition) is 2. The van der Waals surface area contributed by atoms with Gasteiger partial charge in [0.25, 0.3) is 0 Å². The van der Waals surface area contributed by atoms with Gasteiger partial charge in [-0.3, -0.25) is 9.59 Å². The van der Waals surface area contributed by atoms with Gasteiger partial charge in [-0.1, -0.05) is 60.2 Å². The van der Waals surface area contributed by atoms with Crippen molar-refractivity contribution in [1.29, 1.82) is 0 Å². The zero-order chi connectivity index (χ0) is 21.1. The summed E-state index contributed by atoms with van der Waals surface area (Å²) in [5.74, 6) is -0.691. The smallest absolute Gasteiger partial charge is 0.244 e. The Morgan fingerprint density at radius 1 is 1.07 bits per heavy atom. The Morgan fingerprint density at radius 3 is 2.53 bits per heavy atom. The molecule has 0 saturated carbocycles. The molecule has 1 aliphatic rings. The molecular formula is C25H23FN2O2. The maximum Gasteiger partial charge on any atom is 0.244 e. The van der Waals surface area contributed by atoms with E-state index in [-0.39, 0.29) is 30.6 Å². The highest BCUT2D eigenvalue weighted by Crippen LogP contribution is 2.36. The number of nitrogens with zero attached hydrogens (tertiary/aromatic N) is 1. The number of amides is 2. The van der Waals surface area contributed by atoms with Gasteiger partial charge in [0.2, 0.25) is 11.8 Å². The number of hydrogen-bond donors (Lipinski definition) is 1. The summed E-state index contributed by atoms with van der Waals surface area (Å²) in [6.45, 7) is 1.92. The predicted molar refractivity (Wildman–Crippen MR) is 115 cm³/mol. The molecule has 4 nitrogen and oxygen atoms in total. The standard InChI is InChI=1S/C25H23FN2O2/c1-17-7-13-22-21(15-17)25(19-9-11-20(26)12-10-19)28(16-23(29)27-22)24(30)14-8-18-5-3-2-4-6-18/h2-7,9-13,15,25H,8,14,16H2,1H3,(H,27,29)/t25-/m1/s1. The van der Waals surface area contributed by atoms with Crippen LogP contribution in [0.2, 0.25) is 0 Å². The van der Waals surface area contributed by atoms with Crippen LogP contribution in [0.1, 0.15) is 34.7 Å². The molecule has 30 heavy (non-hydrogen) atoms. The number of anilines is 1. The van der Waals surface area contributed by atoms with E-state index in [9.17, 15) is 14.0 Å². The quantitative estimate of drug-likeness (QED) is 0.691. The summed E-state index contributed by atoms with van der Waals surface area (Å²) in [5.41, 5.74) is 4.38. The second-order valence-corrected chi connectivity index (χ2v) is 7.60. The number of benzene rings is 3. The molecule has 0 fully saturated rings. The van der Waals surface area contributed by atoms with Crippen LogP contribution in [0.4, 0.5) is 10.1 Å². The van der Waals surface area contributed by atoms with Gasteiger partial charge in [-0.05, 0) is 42.7 Å². The van der Waals surface area contributed by atoms with Crippen molar-refractivity contribution in [2.75, 3.05) is 11.9 Å². The summed E-state index contributed by atoms with van der Waals surface area (Å²) in [6, 6.07) is 21.2. The summed E-state index contributed by atoms with van der Waals surface area (Å²) in [4.78, 5) is 27.5. The molecule has 1 N–H and O–H groups in total. The lowest BCUT2D eigenvalue weighted by Crippen LogP contribution is -2.39. The lowest BCUT2D eigenvalue weighted by atomic mass is 9.94. The summed E-state index contributed by atoms with van der Waals surface area (Å²) in [5, 5.41) is 2.91. The number of nitrogens with one attached hydrogen (secondary N) is 1. The van der Waals surface area contributed by atoms with Gasteiger partial charge in [0.1, 0.15) is 12.4 Å². The Balaban J connectivity index is 1.72. The summed E-state index contributed by atoms with van der Waals surface area (Å²) >= 11 is 0. The summed E-state index contributed by atoms with van der Waals surface area (Å²) in [7, 11) is 0. The number of rotatable bonds is 4.